The molecule has 0 bridgehead atoms. The van der Waals surface area contributed by atoms with Gasteiger partial charge in [-0.1, -0.05) is 0 Å². The molecule has 0 radical (unpaired) electrons. The molecule has 1 N–H and O–H groups in total. The van der Waals surface area contributed by atoms with Crippen molar-refractivity contribution in [3.8, 4) is 23.3 Å². The summed E-state index contributed by atoms with van der Waals surface area (Å²) >= 11 is 0. The van der Waals surface area contributed by atoms with Crippen LogP contribution in [0.2, 0.25) is 0 Å². The van der Waals surface area contributed by atoms with Crippen LogP contribution in [0, 0.1) is 0 Å². The minimum absolute atomic E-state index is 0.263. The Bertz CT molecular complexity index is 419. The summed E-state index contributed by atoms with van der Waals surface area (Å²) in [5, 5.41) is 6.65. The topological polar surface area (TPSA) is 72.9 Å². The maximum atomic E-state index is 5.03. The van der Waals surface area contributed by atoms with Crippen molar-refractivity contribution >= 4 is 0 Å². The van der Waals surface area contributed by atoms with Crippen molar-refractivity contribution in [1.82, 2.24) is 20.2 Å². The van der Waals surface area contributed by atoms with Crippen LogP contribution in [-0.4, -0.2) is 34.4 Å². The standard InChI is InChI=1S/C9H10N4O2/c1-14-8-5-7(6-3-4-10-13-6)11-9(12-8)15-2/h3-5H,1-2H3,(H,10,13). The third-order valence-electron chi connectivity index (χ3n) is 1.85. The van der Waals surface area contributed by atoms with E-state index in [0.717, 1.165) is 5.69 Å². The second-order valence-corrected chi connectivity index (χ2v) is 2.75. The second kappa shape index (κ2) is 3.95. The Hall–Kier alpha value is -2.11. The van der Waals surface area contributed by atoms with E-state index < -0.39 is 0 Å². The molecule has 0 fully saturated rings. The molecule has 0 aliphatic heterocycles. The van der Waals surface area contributed by atoms with Gasteiger partial charge in [-0.3, -0.25) is 5.10 Å². The first-order valence-electron chi connectivity index (χ1n) is 4.30. The highest BCUT2D eigenvalue weighted by atomic mass is 16.5. The summed E-state index contributed by atoms with van der Waals surface area (Å²) in [5.41, 5.74) is 1.46. The van der Waals surface area contributed by atoms with Crippen LogP contribution in [-0.2, 0) is 0 Å². The highest BCUT2D eigenvalue weighted by Gasteiger charge is 2.07. The van der Waals surface area contributed by atoms with Gasteiger partial charge in [-0.25, -0.2) is 0 Å². The Morgan fingerprint density at radius 2 is 2.07 bits per heavy atom. The van der Waals surface area contributed by atoms with Gasteiger partial charge in [0.05, 0.1) is 25.6 Å². The summed E-state index contributed by atoms with van der Waals surface area (Å²) < 4.78 is 9.99. The van der Waals surface area contributed by atoms with Crippen molar-refractivity contribution in [3.05, 3.63) is 18.3 Å². The molecule has 0 spiro atoms. The Morgan fingerprint density at radius 3 is 2.67 bits per heavy atom. The summed E-state index contributed by atoms with van der Waals surface area (Å²) in [6.07, 6.45) is 1.65. The SMILES string of the molecule is COc1cc(-c2ccn[nH]2)nc(OC)n1. The van der Waals surface area contributed by atoms with Gasteiger partial charge in [0.25, 0.3) is 0 Å². The predicted molar refractivity (Wildman–Crippen MR) is 52.7 cm³/mol. The first-order chi connectivity index (χ1) is 7.33. The first-order valence-corrected chi connectivity index (χ1v) is 4.30. The maximum absolute atomic E-state index is 5.03. The summed E-state index contributed by atoms with van der Waals surface area (Å²) in [4.78, 5) is 8.15. The molecule has 2 aromatic heterocycles. The summed E-state index contributed by atoms with van der Waals surface area (Å²) in [5.74, 6) is 0.450. The number of hydrogen-bond donors (Lipinski definition) is 1. The van der Waals surface area contributed by atoms with Gasteiger partial charge in [0, 0.05) is 12.3 Å². The molecule has 2 heterocycles. The van der Waals surface area contributed by atoms with Crippen LogP contribution in [0.25, 0.3) is 11.4 Å². The lowest BCUT2D eigenvalue weighted by molar-refractivity contribution is 0.352. The average molecular weight is 206 g/mol. The highest BCUT2D eigenvalue weighted by molar-refractivity contribution is 5.54. The third-order valence-corrected chi connectivity index (χ3v) is 1.85. The van der Waals surface area contributed by atoms with Crippen LogP contribution in [0.1, 0.15) is 0 Å². The van der Waals surface area contributed by atoms with Crippen LogP contribution >= 0.6 is 0 Å². The maximum Gasteiger partial charge on any atom is 0.320 e. The van der Waals surface area contributed by atoms with Crippen LogP contribution in [0.5, 0.6) is 11.9 Å². The quantitative estimate of drug-likeness (QED) is 0.807. The Kier molecular flexibility index (Phi) is 2.49. The number of nitrogens with zero attached hydrogens (tertiary/aromatic N) is 3. The number of aromatic nitrogens is 4. The van der Waals surface area contributed by atoms with Crippen molar-refractivity contribution in [2.45, 2.75) is 0 Å². The van der Waals surface area contributed by atoms with Crippen molar-refractivity contribution in [2.75, 3.05) is 14.2 Å². The van der Waals surface area contributed by atoms with Gasteiger partial charge in [-0.2, -0.15) is 15.1 Å². The van der Waals surface area contributed by atoms with Gasteiger partial charge in [-0.05, 0) is 6.07 Å². The van der Waals surface area contributed by atoms with Gasteiger partial charge in [0.2, 0.25) is 5.88 Å². The molecule has 2 rings (SSSR count). The third kappa shape index (κ3) is 1.88. The zero-order valence-corrected chi connectivity index (χ0v) is 8.39. The molecule has 0 saturated heterocycles. The molecule has 0 aromatic carbocycles. The van der Waals surface area contributed by atoms with Crippen LogP contribution in [0.3, 0.4) is 0 Å². The van der Waals surface area contributed by atoms with E-state index in [1.54, 1.807) is 25.4 Å². The molecule has 0 atom stereocenters. The van der Waals surface area contributed by atoms with Crippen molar-refractivity contribution in [2.24, 2.45) is 0 Å². The fourth-order valence-electron chi connectivity index (χ4n) is 1.14. The number of hydrogen-bond acceptors (Lipinski definition) is 5. The van der Waals surface area contributed by atoms with E-state index in [9.17, 15) is 0 Å². The number of aromatic amines is 1. The minimum Gasteiger partial charge on any atom is -0.481 e. The van der Waals surface area contributed by atoms with Gasteiger partial charge < -0.3 is 9.47 Å². The molecule has 78 valence electrons. The second-order valence-electron chi connectivity index (χ2n) is 2.75. The van der Waals surface area contributed by atoms with Crippen molar-refractivity contribution in [1.29, 1.82) is 0 Å². The van der Waals surface area contributed by atoms with E-state index in [4.69, 9.17) is 9.47 Å². The molecule has 6 heteroatoms. The predicted octanol–water partition coefficient (Wildman–Crippen LogP) is 0.884. The van der Waals surface area contributed by atoms with Crippen LogP contribution in [0.15, 0.2) is 18.3 Å². The monoisotopic (exact) mass is 206 g/mol. The number of methoxy groups -OCH3 is 2. The molecular formula is C9H10N4O2. The van der Waals surface area contributed by atoms with E-state index in [0.29, 0.717) is 11.6 Å². The lowest BCUT2D eigenvalue weighted by atomic mass is 10.3. The fourth-order valence-corrected chi connectivity index (χ4v) is 1.14. The molecule has 2 aromatic rings. The molecule has 0 saturated carbocycles. The van der Waals surface area contributed by atoms with E-state index >= 15 is 0 Å². The van der Waals surface area contributed by atoms with Gasteiger partial charge >= 0.3 is 6.01 Å². The molecule has 0 amide bonds. The molecule has 0 aliphatic rings. The lowest BCUT2D eigenvalue weighted by Crippen LogP contribution is -1.97. The van der Waals surface area contributed by atoms with Crippen LogP contribution < -0.4 is 9.47 Å². The van der Waals surface area contributed by atoms with Crippen molar-refractivity contribution in [3.63, 3.8) is 0 Å². The molecule has 6 nitrogen and oxygen atoms in total. The van der Waals surface area contributed by atoms with E-state index in [1.807, 2.05) is 0 Å². The normalized spacial score (nSPS) is 10.0. The van der Waals surface area contributed by atoms with Gasteiger partial charge in [0.15, 0.2) is 0 Å². The lowest BCUT2D eigenvalue weighted by Gasteiger charge is -2.04. The smallest absolute Gasteiger partial charge is 0.320 e. The number of H-pyrrole nitrogens is 1. The minimum atomic E-state index is 0.263. The van der Waals surface area contributed by atoms with Gasteiger partial charge in [0.1, 0.15) is 0 Å². The van der Waals surface area contributed by atoms with Crippen LogP contribution in [0.4, 0.5) is 0 Å². The molecule has 0 unspecified atom stereocenters. The number of nitrogens with one attached hydrogen (secondary N) is 1. The van der Waals surface area contributed by atoms with Gasteiger partial charge in [-0.15, -0.1) is 0 Å². The Morgan fingerprint density at radius 1 is 1.20 bits per heavy atom. The average Bonchev–Trinajstić information content (AvgIpc) is 2.81. The summed E-state index contributed by atoms with van der Waals surface area (Å²) in [6, 6.07) is 3.77. The molecule has 15 heavy (non-hydrogen) atoms. The largest absolute Gasteiger partial charge is 0.481 e. The zero-order chi connectivity index (χ0) is 10.7. The van der Waals surface area contributed by atoms with E-state index in [2.05, 4.69) is 20.2 Å². The number of rotatable bonds is 3. The Balaban J connectivity index is 2.47. The zero-order valence-electron chi connectivity index (χ0n) is 8.39. The van der Waals surface area contributed by atoms with Crippen molar-refractivity contribution < 1.29 is 9.47 Å². The summed E-state index contributed by atoms with van der Waals surface area (Å²) in [7, 11) is 3.05. The fraction of sp³-hybridized carbons (Fsp3) is 0.222. The molecular weight excluding hydrogens is 196 g/mol. The summed E-state index contributed by atoms with van der Waals surface area (Å²) in [6.45, 7) is 0. The van der Waals surface area contributed by atoms with E-state index in [-0.39, 0.29) is 6.01 Å². The highest BCUT2D eigenvalue weighted by Crippen LogP contribution is 2.20. The van der Waals surface area contributed by atoms with E-state index in [1.165, 1.54) is 7.11 Å². The number of ether oxygens (including phenoxy) is 2. The first kappa shape index (κ1) is 9.45. The Labute approximate surface area is 86.3 Å². The molecule has 0 aliphatic carbocycles.